The van der Waals surface area contributed by atoms with Gasteiger partial charge in [-0.05, 0) is 92.1 Å². The fourth-order valence-corrected chi connectivity index (χ4v) is 7.66. The van der Waals surface area contributed by atoms with Gasteiger partial charge in [0.1, 0.15) is 11.5 Å². The van der Waals surface area contributed by atoms with E-state index in [4.69, 9.17) is 9.57 Å². The molecule has 278 valence electrons. The number of carbonyl (C=O) groups excluding carboxylic acids is 2. The Morgan fingerprint density at radius 2 is 1.52 bits per heavy atom. The van der Waals surface area contributed by atoms with Crippen LogP contribution in [0.15, 0.2) is 96.2 Å². The topological polar surface area (TPSA) is 69.9 Å². The fraction of sp³-hybridized carbons (Fsp3) is 0.295. The van der Waals surface area contributed by atoms with E-state index >= 15 is 0 Å². The first-order chi connectivity index (χ1) is 25.9. The Bertz CT molecular complexity index is 2410. The summed E-state index contributed by atoms with van der Waals surface area (Å²) in [4.78, 5) is 31.3. The maximum absolute atomic E-state index is 14.0. The van der Waals surface area contributed by atoms with Crippen LogP contribution in [0.4, 0.5) is 17.6 Å². The van der Waals surface area contributed by atoms with Crippen LogP contribution >= 0.6 is 0 Å². The number of carbonyl (C=O) groups is 2. The summed E-state index contributed by atoms with van der Waals surface area (Å²) < 4.78 is 60.0. The van der Waals surface area contributed by atoms with E-state index in [1.807, 2.05) is 80.6 Å². The molecule has 0 unspecified atom stereocenters. The summed E-state index contributed by atoms with van der Waals surface area (Å²) in [6.07, 6.45) is 2.03. The van der Waals surface area contributed by atoms with Crippen LogP contribution in [0.2, 0.25) is 0 Å². The van der Waals surface area contributed by atoms with Crippen LogP contribution in [0.1, 0.15) is 77.2 Å². The van der Waals surface area contributed by atoms with Crippen molar-refractivity contribution in [2.75, 3.05) is 6.61 Å². The van der Waals surface area contributed by atoms with E-state index in [1.54, 1.807) is 12.1 Å². The first kappa shape index (κ1) is 36.8. The molecular formula is C44H40F4N2O4. The lowest BCUT2D eigenvalue weighted by molar-refractivity contribution is -0.148. The minimum atomic E-state index is -4.31. The predicted octanol–water partition coefficient (Wildman–Crippen LogP) is 11.0. The van der Waals surface area contributed by atoms with Crippen LogP contribution < -0.4 is 4.74 Å². The highest BCUT2D eigenvalue weighted by atomic mass is 19.3. The van der Waals surface area contributed by atoms with Crippen LogP contribution in [0.3, 0.4) is 0 Å². The molecule has 1 heterocycles. The van der Waals surface area contributed by atoms with Crippen molar-refractivity contribution in [1.29, 1.82) is 0 Å². The van der Waals surface area contributed by atoms with Crippen LogP contribution in [0.25, 0.3) is 32.6 Å². The number of hydrogen-bond acceptors (Lipinski definition) is 5. The average Bonchev–Trinajstić information content (AvgIpc) is 3.46. The van der Waals surface area contributed by atoms with Crippen LogP contribution in [0, 0.1) is 19.8 Å². The smallest absolute Gasteiger partial charge is 0.340 e. The second kappa shape index (κ2) is 15.1. The number of fused-ring (bicyclic) bond motifs is 5. The number of halogens is 4. The highest BCUT2D eigenvalue weighted by molar-refractivity contribution is 6.27. The van der Waals surface area contributed by atoms with Gasteiger partial charge in [-0.1, -0.05) is 72.4 Å². The molecule has 0 N–H and O–H groups in total. The van der Waals surface area contributed by atoms with E-state index in [2.05, 4.69) is 9.72 Å². The first-order valence-corrected chi connectivity index (χ1v) is 18.2. The number of ketones is 1. The van der Waals surface area contributed by atoms with Gasteiger partial charge in [0.25, 0.3) is 0 Å². The van der Waals surface area contributed by atoms with E-state index in [1.165, 1.54) is 38.3 Å². The number of ether oxygens (including phenoxy) is 1. The molecule has 54 heavy (non-hydrogen) atoms. The summed E-state index contributed by atoms with van der Waals surface area (Å²) in [5.74, 6) is -4.58. The van der Waals surface area contributed by atoms with Crippen molar-refractivity contribution in [3.8, 4) is 5.75 Å². The molecule has 10 heteroatoms. The molecule has 1 aromatic heterocycles. The standard InChI is InChI=1S/C44H40F4N2O4/c1-26-13-19-33(27(2)21-26)42(52)31-16-20-39-36(22-31)38-23-37(34-11-7-8-12-35(34)41(38)50(39)24-29-9-5-4-6-10-29)40(49-54-28(3)51)30-14-17-32(18-15-30)53-25-44(47,48)43(45)46/h7-8,11-23,29,43H,4-6,9-10,24-25H2,1-3H3/b49-40+. The van der Waals surface area contributed by atoms with Gasteiger partial charge >= 0.3 is 18.3 Å². The lowest BCUT2D eigenvalue weighted by Gasteiger charge is -2.23. The molecule has 0 spiro atoms. The number of rotatable bonds is 11. The van der Waals surface area contributed by atoms with Crippen molar-refractivity contribution in [3.63, 3.8) is 0 Å². The third-order valence-electron chi connectivity index (χ3n) is 10.3. The van der Waals surface area contributed by atoms with Crippen molar-refractivity contribution in [3.05, 3.63) is 124 Å². The van der Waals surface area contributed by atoms with Gasteiger partial charge in [-0.25, -0.2) is 13.6 Å². The summed E-state index contributed by atoms with van der Waals surface area (Å²) in [6, 6.07) is 27.4. The maximum Gasteiger partial charge on any atom is 0.340 e. The monoisotopic (exact) mass is 736 g/mol. The summed E-state index contributed by atoms with van der Waals surface area (Å²) >= 11 is 0. The number of hydrogen-bond donors (Lipinski definition) is 0. The van der Waals surface area contributed by atoms with Gasteiger partial charge in [-0.15, -0.1) is 0 Å². The van der Waals surface area contributed by atoms with E-state index in [0.29, 0.717) is 28.2 Å². The van der Waals surface area contributed by atoms with Gasteiger partial charge in [0.2, 0.25) is 0 Å². The largest absolute Gasteiger partial charge is 0.487 e. The normalized spacial score (nSPS) is 14.3. The molecule has 0 atom stereocenters. The number of alkyl halides is 4. The zero-order valence-corrected chi connectivity index (χ0v) is 30.3. The molecule has 6 nitrogen and oxygen atoms in total. The number of nitrogens with zero attached hydrogens (tertiary/aromatic N) is 2. The lowest BCUT2D eigenvalue weighted by Crippen LogP contribution is -2.33. The van der Waals surface area contributed by atoms with E-state index in [0.717, 1.165) is 63.1 Å². The predicted molar refractivity (Wildman–Crippen MR) is 203 cm³/mol. The second-order valence-corrected chi connectivity index (χ2v) is 14.3. The Morgan fingerprint density at radius 1 is 0.815 bits per heavy atom. The van der Waals surface area contributed by atoms with Gasteiger partial charge in [0.05, 0.1) is 5.52 Å². The van der Waals surface area contributed by atoms with Crippen molar-refractivity contribution in [2.45, 2.75) is 71.8 Å². The molecule has 1 fully saturated rings. The highest BCUT2D eigenvalue weighted by Gasteiger charge is 2.41. The lowest BCUT2D eigenvalue weighted by atomic mass is 9.89. The minimum Gasteiger partial charge on any atom is -0.487 e. The van der Waals surface area contributed by atoms with E-state index in [9.17, 15) is 27.2 Å². The van der Waals surface area contributed by atoms with Crippen molar-refractivity contribution in [2.24, 2.45) is 11.1 Å². The highest BCUT2D eigenvalue weighted by Crippen LogP contribution is 2.40. The van der Waals surface area contributed by atoms with Crippen molar-refractivity contribution in [1.82, 2.24) is 4.57 Å². The third-order valence-corrected chi connectivity index (χ3v) is 10.3. The van der Waals surface area contributed by atoms with Crippen LogP contribution in [-0.4, -0.2) is 41.0 Å². The van der Waals surface area contributed by atoms with Gasteiger partial charge < -0.3 is 14.1 Å². The van der Waals surface area contributed by atoms with Crippen molar-refractivity contribution >= 4 is 50.0 Å². The summed E-state index contributed by atoms with van der Waals surface area (Å²) in [7, 11) is 0. The van der Waals surface area contributed by atoms with Gasteiger partial charge in [-0.3, -0.25) is 4.79 Å². The summed E-state index contributed by atoms with van der Waals surface area (Å²) in [6.45, 7) is 4.49. The molecule has 1 aliphatic carbocycles. The van der Waals surface area contributed by atoms with E-state index < -0.39 is 24.9 Å². The molecule has 7 rings (SSSR count). The zero-order valence-electron chi connectivity index (χ0n) is 30.3. The van der Waals surface area contributed by atoms with E-state index in [-0.39, 0.29) is 17.2 Å². The molecule has 0 amide bonds. The molecule has 5 aromatic carbocycles. The number of aryl methyl sites for hydroxylation is 2. The molecular weight excluding hydrogens is 696 g/mol. The Morgan fingerprint density at radius 3 is 2.20 bits per heavy atom. The Hall–Kier alpha value is -5.51. The molecule has 1 saturated carbocycles. The molecule has 1 aliphatic rings. The van der Waals surface area contributed by atoms with Gasteiger partial charge in [0, 0.05) is 57.4 Å². The zero-order chi connectivity index (χ0) is 38.1. The minimum absolute atomic E-state index is 0.0435. The number of aromatic nitrogens is 1. The van der Waals surface area contributed by atoms with Gasteiger partial charge in [0.15, 0.2) is 12.4 Å². The van der Waals surface area contributed by atoms with Gasteiger partial charge in [-0.2, -0.15) is 8.78 Å². The summed E-state index contributed by atoms with van der Waals surface area (Å²) in [5.41, 5.74) is 6.55. The van der Waals surface area contributed by atoms with Crippen LogP contribution in [-0.2, 0) is 16.2 Å². The SMILES string of the molecule is CC(=O)O/N=C(\c1ccc(OCC(F)(F)C(F)F)cc1)c1cc2c3cc(C(=O)c4ccc(C)cc4C)ccc3n(CC3CCCCC3)c2c2ccccc12. The Balaban J connectivity index is 1.42. The second-order valence-electron chi connectivity index (χ2n) is 14.3. The third kappa shape index (κ3) is 7.34. The number of oxime groups is 1. The Kier molecular flexibility index (Phi) is 10.3. The molecule has 0 bridgehead atoms. The van der Waals surface area contributed by atoms with Crippen LogP contribution in [0.5, 0.6) is 5.75 Å². The average molecular weight is 737 g/mol. The number of benzene rings is 5. The quantitative estimate of drug-likeness (QED) is 0.0437. The fourth-order valence-electron chi connectivity index (χ4n) is 7.66. The van der Waals surface area contributed by atoms with Crippen molar-refractivity contribution < 1.29 is 36.7 Å². The molecule has 6 aromatic rings. The maximum atomic E-state index is 14.0. The molecule has 0 radical (unpaired) electrons. The Labute approximate surface area is 310 Å². The molecule has 0 aliphatic heterocycles. The first-order valence-electron chi connectivity index (χ1n) is 18.2. The summed E-state index contributed by atoms with van der Waals surface area (Å²) in [5, 5.41) is 7.82. The molecule has 0 saturated heterocycles.